The molecule has 0 aromatic heterocycles. The fourth-order valence-corrected chi connectivity index (χ4v) is 4.13. The van der Waals surface area contributed by atoms with Crippen molar-refractivity contribution >= 4 is 36.4 Å². The van der Waals surface area contributed by atoms with Gasteiger partial charge in [-0.15, -0.1) is 0 Å². The molecule has 0 spiro atoms. The molecule has 0 saturated carbocycles. The van der Waals surface area contributed by atoms with E-state index in [0.717, 1.165) is 33.4 Å². The zero-order chi connectivity index (χ0) is 25.7. The largest absolute Gasteiger partial charge is 0.449 e. The van der Waals surface area contributed by atoms with E-state index in [-0.39, 0.29) is 14.1 Å². The first-order valence-electron chi connectivity index (χ1n) is 12.9. The molecule has 0 aliphatic rings. The summed E-state index contributed by atoms with van der Waals surface area (Å²) in [6.07, 6.45) is 0. The molecule has 0 radical (unpaired) electrons. The highest BCUT2D eigenvalue weighted by Crippen LogP contribution is 2.10. The van der Waals surface area contributed by atoms with Crippen LogP contribution < -0.4 is 21.4 Å². The van der Waals surface area contributed by atoms with Crippen molar-refractivity contribution in [1.29, 1.82) is 0 Å². The number of para-hydroxylation sites is 2. The third-order valence-electron chi connectivity index (χ3n) is 5.85. The molecule has 7 heteroatoms. The maximum absolute atomic E-state index is 6.11. The van der Waals surface area contributed by atoms with Crippen molar-refractivity contribution < 1.29 is 14.0 Å². The van der Waals surface area contributed by atoms with Crippen molar-refractivity contribution in [2.45, 2.75) is 27.1 Å². The molecule has 0 atom stereocenters. The van der Waals surface area contributed by atoms with Crippen LogP contribution in [0.5, 0.6) is 0 Å². The fraction of sp³-hybridized carbons (Fsp3) is 0.200. The molecule has 0 aliphatic carbocycles. The maximum atomic E-state index is 6.11. The highest BCUT2D eigenvalue weighted by Gasteiger charge is 2.21. The van der Waals surface area contributed by atoms with Gasteiger partial charge >= 0.3 is 14.1 Å². The molecule has 4 aromatic carbocycles. The lowest BCUT2D eigenvalue weighted by Gasteiger charge is -2.17. The van der Waals surface area contributed by atoms with Gasteiger partial charge in [0.25, 0.3) is 0 Å². The van der Waals surface area contributed by atoms with E-state index in [0.29, 0.717) is 26.4 Å². The van der Waals surface area contributed by atoms with Gasteiger partial charge in [0.1, 0.15) is 0 Å². The van der Waals surface area contributed by atoms with Gasteiger partial charge in [-0.05, 0) is 60.2 Å². The minimum Gasteiger partial charge on any atom is -0.413 e. The number of hydrogen-bond donors (Lipinski definition) is 2. The monoisotopic (exact) mass is 492 g/mol. The Kier molecular flexibility index (Phi) is 10.3. The summed E-state index contributed by atoms with van der Waals surface area (Å²) in [5.74, 6) is 0. The number of benzene rings is 4. The second-order valence-electron chi connectivity index (χ2n) is 8.67. The quantitative estimate of drug-likeness (QED) is 0.240. The number of nitrogens with one attached hydrogen (secondary N) is 2. The number of ether oxygens (including phenoxy) is 1. The second kappa shape index (κ2) is 14.3. The molecule has 4 rings (SSSR count). The lowest BCUT2D eigenvalue weighted by Crippen LogP contribution is -2.42. The van der Waals surface area contributed by atoms with Gasteiger partial charge in [-0.1, -0.05) is 84.9 Å². The van der Waals surface area contributed by atoms with Crippen molar-refractivity contribution in [3.05, 3.63) is 120 Å². The third-order valence-corrected chi connectivity index (χ3v) is 5.85. The van der Waals surface area contributed by atoms with E-state index < -0.39 is 0 Å². The van der Waals surface area contributed by atoms with Gasteiger partial charge in [-0.3, -0.25) is 0 Å². The number of hydrogen-bond acceptors (Lipinski definition) is 5. The minimum absolute atomic E-state index is 0.225. The molecule has 5 nitrogen and oxygen atoms in total. The van der Waals surface area contributed by atoms with Crippen LogP contribution in [0.25, 0.3) is 0 Å². The Bertz CT molecular complexity index is 1120. The van der Waals surface area contributed by atoms with Crippen LogP contribution in [0.3, 0.4) is 0 Å². The molecule has 0 amide bonds. The topological polar surface area (TPSA) is 51.8 Å². The van der Waals surface area contributed by atoms with Gasteiger partial charge in [0.05, 0.1) is 13.2 Å². The summed E-state index contributed by atoms with van der Waals surface area (Å²) in [7, 11) is -0.451. The van der Waals surface area contributed by atoms with Crippen molar-refractivity contribution in [1.82, 2.24) is 0 Å². The Morgan fingerprint density at radius 3 is 1.38 bits per heavy atom. The van der Waals surface area contributed by atoms with Gasteiger partial charge in [0, 0.05) is 24.6 Å². The van der Waals surface area contributed by atoms with Crippen LogP contribution in [0.1, 0.15) is 25.0 Å². The van der Waals surface area contributed by atoms with Crippen LogP contribution in [0.15, 0.2) is 109 Å². The van der Waals surface area contributed by atoms with Gasteiger partial charge in [0.15, 0.2) is 0 Å². The molecule has 0 fully saturated rings. The molecule has 2 N–H and O–H groups in total. The van der Waals surface area contributed by atoms with Gasteiger partial charge in [0.2, 0.25) is 0 Å². The SMILES string of the molecule is CCOB(Nc1ccccc1)c1cccc(COCc2cccc(B(Nc3ccccc3)OCC)c2)c1. The Morgan fingerprint density at radius 1 is 0.541 bits per heavy atom. The smallest absolute Gasteiger partial charge is 0.413 e. The molecule has 0 unspecified atom stereocenters. The summed E-state index contributed by atoms with van der Waals surface area (Å²) in [6, 6.07) is 36.9. The molecule has 0 aliphatic heterocycles. The van der Waals surface area contributed by atoms with E-state index in [9.17, 15) is 0 Å². The molecule has 0 heterocycles. The lowest BCUT2D eigenvalue weighted by atomic mass is 9.72. The van der Waals surface area contributed by atoms with E-state index >= 15 is 0 Å². The number of anilines is 2. The average Bonchev–Trinajstić information content (AvgIpc) is 2.94. The van der Waals surface area contributed by atoms with Crippen molar-refractivity contribution in [3.8, 4) is 0 Å². The normalized spacial score (nSPS) is 10.6. The first kappa shape index (κ1) is 26.6. The summed E-state index contributed by atoms with van der Waals surface area (Å²) in [4.78, 5) is 0. The van der Waals surface area contributed by atoms with Crippen molar-refractivity contribution in [2.24, 2.45) is 0 Å². The molecule has 0 saturated heterocycles. The van der Waals surface area contributed by atoms with Crippen LogP contribution in [0.2, 0.25) is 0 Å². The van der Waals surface area contributed by atoms with Crippen LogP contribution in [0, 0.1) is 0 Å². The van der Waals surface area contributed by atoms with Gasteiger partial charge in [-0.2, -0.15) is 0 Å². The Morgan fingerprint density at radius 2 is 0.973 bits per heavy atom. The molecular weight excluding hydrogens is 458 g/mol. The first-order valence-corrected chi connectivity index (χ1v) is 12.9. The molecule has 37 heavy (non-hydrogen) atoms. The van der Waals surface area contributed by atoms with Gasteiger partial charge in [-0.25, -0.2) is 0 Å². The zero-order valence-electron chi connectivity index (χ0n) is 21.6. The molecule has 4 aromatic rings. The molecule has 0 bridgehead atoms. The average molecular weight is 492 g/mol. The van der Waals surface area contributed by atoms with Crippen LogP contribution in [0.4, 0.5) is 11.4 Å². The third kappa shape index (κ3) is 8.25. The van der Waals surface area contributed by atoms with Crippen LogP contribution in [-0.4, -0.2) is 27.3 Å². The van der Waals surface area contributed by atoms with E-state index in [2.05, 4.69) is 59.0 Å². The Hall–Kier alpha value is -3.51. The van der Waals surface area contributed by atoms with Crippen LogP contribution in [-0.2, 0) is 27.3 Å². The fourth-order valence-electron chi connectivity index (χ4n) is 4.13. The van der Waals surface area contributed by atoms with Gasteiger partial charge < -0.3 is 24.5 Å². The summed E-state index contributed by atoms with van der Waals surface area (Å²) in [5.41, 5.74) is 6.39. The van der Waals surface area contributed by atoms with Crippen LogP contribution >= 0.6 is 0 Å². The Balaban J connectivity index is 1.37. The predicted molar refractivity (Wildman–Crippen MR) is 156 cm³/mol. The number of rotatable bonds is 14. The zero-order valence-corrected chi connectivity index (χ0v) is 21.6. The standard InChI is InChI=1S/C30H34B2N2O3/c1-3-36-31(33-29-17-7-5-8-18-29)27-15-11-13-25(21-27)23-35-24-26-14-12-16-28(22-26)32(37-4-2)34-30-19-9-6-10-20-30/h5-22,33-34H,3-4,23-24H2,1-2H3. The first-order chi connectivity index (χ1) is 18.2. The summed E-state index contributed by atoms with van der Waals surface area (Å²) >= 11 is 0. The van der Waals surface area contributed by atoms with E-state index in [4.69, 9.17) is 14.0 Å². The van der Waals surface area contributed by atoms with Crippen molar-refractivity contribution in [2.75, 3.05) is 23.7 Å². The molecular formula is C30H34B2N2O3. The predicted octanol–water partition coefficient (Wildman–Crippen LogP) is 5.09. The summed E-state index contributed by atoms with van der Waals surface area (Å²) in [5, 5.41) is 6.94. The van der Waals surface area contributed by atoms with E-state index in [1.54, 1.807) is 0 Å². The second-order valence-corrected chi connectivity index (χ2v) is 8.67. The Labute approximate surface area is 221 Å². The van der Waals surface area contributed by atoms with E-state index in [1.807, 2.05) is 74.5 Å². The molecule has 188 valence electrons. The van der Waals surface area contributed by atoms with E-state index in [1.165, 1.54) is 0 Å². The summed E-state index contributed by atoms with van der Waals surface area (Å²) in [6.45, 7) is 6.27. The highest BCUT2D eigenvalue weighted by molar-refractivity contribution is 6.71. The highest BCUT2D eigenvalue weighted by atomic mass is 16.5. The maximum Gasteiger partial charge on any atom is 0.449 e. The lowest BCUT2D eigenvalue weighted by molar-refractivity contribution is 0.107. The minimum atomic E-state index is -0.225. The van der Waals surface area contributed by atoms with Crippen molar-refractivity contribution in [3.63, 3.8) is 0 Å². The summed E-state index contributed by atoms with van der Waals surface area (Å²) < 4.78 is 18.1.